The van der Waals surface area contributed by atoms with E-state index >= 15 is 0 Å². The first kappa shape index (κ1) is 20.0. The Morgan fingerprint density at radius 2 is 1.29 bits per heavy atom. The highest BCUT2D eigenvalue weighted by molar-refractivity contribution is 5.40. The summed E-state index contributed by atoms with van der Waals surface area (Å²) in [6.07, 6.45) is 3.72. The van der Waals surface area contributed by atoms with Crippen molar-refractivity contribution in [2.24, 2.45) is 5.41 Å². The minimum absolute atomic E-state index is 0.230. The summed E-state index contributed by atoms with van der Waals surface area (Å²) in [5.41, 5.74) is 2.02. The summed E-state index contributed by atoms with van der Waals surface area (Å²) in [5, 5.41) is 0. The molecule has 1 aromatic carbocycles. The van der Waals surface area contributed by atoms with Gasteiger partial charge in [-0.3, -0.25) is 4.98 Å². The van der Waals surface area contributed by atoms with Crippen molar-refractivity contribution in [2.75, 3.05) is 6.79 Å². The summed E-state index contributed by atoms with van der Waals surface area (Å²) in [4.78, 5) is 4.05. The monoisotopic (exact) mass is 329 g/mol. The topological polar surface area (TPSA) is 31.4 Å². The van der Waals surface area contributed by atoms with Gasteiger partial charge in [-0.15, -0.1) is 0 Å². The Bertz CT molecular complexity index is 566. The molecule has 0 radical (unpaired) electrons. The second-order valence-corrected chi connectivity index (χ2v) is 8.34. The molecule has 0 N–H and O–H groups in total. The van der Waals surface area contributed by atoms with E-state index < -0.39 is 0 Å². The SMILES string of the molecule is CC(C)(C)C.CC(C)(C)c1cccnc1.c1ccc2c(c1)OCO2. The highest BCUT2D eigenvalue weighted by Crippen LogP contribution is 2.30. The normalized spacial score (nSPS) is 12.5. The lowest BCUT2D eigenvalue weighted by Gasteiger charge is -2.17. The van der Waals surface area contributed by atoms with Crippen LogP contribution in [0.1, 0.15) is 54.0 Å². The van der Waals surface area contributed by atoms with Crippen molar-refractivity contribution in [3.8, 4) is 11.5 Å². The van der Waals surface area contributed by atoms with Gasteiger partial charge < -0.3 is 9.47 Å². The molecule has 0 aliphatic carbocycles. The number of pyridine rings is 1. The lowest BCUT2D eigenvalue weighted by molar-refractivity contribution is 0.174. The third-order valence-electron chi connectivity index (χ3n) is 2.81. The summed E-state index contributed by atoms with van der Waals surface area (Å²) in [7, 11) is 0. The second kappa shape index (κ2) is 8.72. The van der Waals surface area contributed by atoms with Crippen molar-refractivity contribution in [1.82, 2.24) is 4.98 Å². The van der Waals surface area contributed by atoms with Crippen LogP contribution in [0.2, 0.25) is 0 Å². The maximum absolute atomic E-state index is 5.08. The van der Waals surface area contributed by atoms with Crippen molar-refractivity contribution in [2.45, 2.75) is 53.9 Å². The van der Waals surface area contributed by atoms with Crippen LogP contribution in [0.4, 0.5) is 0 Å². The first-order valence-corrected chi connectivity index (χ1v) is 8.32. The molecule has 132 valence electrons. The Balaban J connectivity index is 0.000000191. The van der Waals surface area contributed by atoms with Gasteiger partial charge in [-0.1, -0.05) is 66.7 Å². The summed E-state index contributed by atoms with van der Waals surface area (Å²) in [5.74, 6) is 1.69. The van der Waals surface area contributed by atoms with Gasteiger partial charge in [0, 0.05) is 12.4 Å². The summed E-state index contributed by atoms with van der Waals surface area (Å²) in [6.45, 7) is 15.7. The Hall–Kier alpha value is -2.03. The van der Waals surface area contributed by atoms with Crippen molar-refractivity contribution < 1.29 is 9.47 Å². The average molecular weight is 329 g/mol. The van der Waals surface area contributed by atoms with Gasteiger partial charge >= 0.3 is 0 Å². The number of fused-ring (bicyclic) bond motifs is 1. The molecule has 3 rings (SSSR count). The van der Waals surface area contributed by atoms with Crippen molar-refractivity contribution >= 4 is 0 Å². The van der Waals surface area contributed by atoms with E-state index in [1.165, 1.54) is 5.56 Å². The van der Waals surface area contributed by atoms with Crippen LogP contribution in [0.25, 0.3) is 0 Å². The third-order valence-corrected chi connectivity index (χ3v) is 2.81. The Morgan fingerprint density at radius 3 is 1.62 bits per heavy atom. The molecule has 0 amide bonds. The number of hydrogen-bond donors (Lipinski definition) is 0. The van der Waals surface area contributed by atoms with E-state index in [9.17, 15) is 0 Å². The fourth-order valence-electron chi connectivity index (χ4n) is 1.65. The number of benzene rings is 1. The van der Waals surface area contributed by atoms with Crippen LogP contribution in [0.3, 0.4) is 0 Å². The Kier molecular flexibility index (Phi) is 7.27. The summed E-state index contributed by atoms with van der Waals surface area (Å²) < 4.78 is 10.2. The van der Waals surface area contributed by atoms with Crippen LogP contribution in [-0.4, -0.2) is 11.8 Å². The standard InChI is InChI=1S/C9H13N.C7H6O2.C5H12/c1-9(2,3)8-5-4-6-10-7-8;1-2-4-7-6(3-1)8-5-9-7;1-5(2,3)4/h4-7H,1-3H3;1-4H,5H2;1-4H3. The molecule has 0 fully saturated rings. The number of hydrogen-bond acceptors (Lipinski definition) is 3. The van der Waals surface area contributed by atoms with Gasteiger partial charge in [0.2, 0.25) is 6.79 Å². The minimum atomic E-state index is 0.230. The molecule has 2 aromatic rings. The van der Waals surface area contributed by atoms with Gasteiger partial charge in [0.25, 0.3) is 0 Å². The molecule has 1 aliphatic rings. The van der Waals surface area contributed by atoms with E-state index in [1.54, 1.807) is 6.20 Å². The van der Waals surface area contributed by atoms with Crippen molar-refractivity contribution in [3.63, 3.8) is 0 Å². The molecule has 0 bridgehead atoms. The molecule has 1 aromatic heterocycles. The van der Waals surface area contributed by atoms with Crippen molar-refractivity contribution in [1.29, 1.82) is 0 Å². The highest BCUT2D eigenvalue weighted by Gasteiger charge is 2.12. The van der Waals surface area contributed by atoms with Crippen LogP contribution in [0.15, 0.2) is 48.8 Å². The van der Waals surface area contributed by atoms with Crippen molar-refractivity contribution in [3.05, 3.63) is 54.4 Å². The van der Waals surface area contributed by atoms with Crippen LogP contribution in [0, 0.1) is 5.41 Å². The van der Waals surface area contributed by atoms with Gasteiger partial charge in [0.05, 0.1) is 0 Å². The number of para-hydroxylation sites is 2. The van der Waals surface area contributed by atoms with E-state index in [-0.39, 0.29) is 5.41 Å². The van der Waals surface area contributed by atoms with Gasteiger partial charge in [-0.05, 0) is 34.6 Å². The van der Waals surface area contributed by atoms with E-state index in [0.717, 1.165) is 11.5 Å². The Labute approximate surface area is 147 Å². The molecule has 0 atom stereocenters. The van der Waals surface area contributed by atoms with Crippen LogP contribution in [0.5, 0.6) is 11.5 Å². The fourth-order valence-corrected chi connectivity index (χ4v) is 1.65. The molecular weight excluding hydrogens is 298 g/mol. The molecule has 0 spiro atoms. The second-order valence-electron chi connectivity index (χ2n) is 8.34. The van der Waals surface area contributed by atoms with E-state index in [2.05, 4.69) is 59.5 Å². The molecule has 1 aliphatic heterocycles. The first-order chi connectivity index (χ1) is 11.1. The molecule has 0 unspecified atom stereocenters. The van der Waals surface area contributed by atoms with Crippen LogP contribution >= 0.6 is 0 Å². The lowest BCUT2D eigenvalue weighted by Crippen LogP contribution is -2.10. The molecule has 0 saturated carbocycles. The smallest absolute Gasteiger partial charge is 0.231 e. The minimum Gasteiger partial charge on any atom is -0.454 e. The van der Waals surface area contributed by atoms with Gasteiger partial charge in [0.1, 0.15) is 0 Å². The van der Waals surface area contributed by atoms with E-state index in [4.69, 9.17) is 9.47 Å². The predicted octanol–water partition coefficient (Wildman–Crippen LogP) is 5.85. The quantitative estimate of drug-likeness (QED) is 0.608. The zero-order valence-corrected chi connectivity index (χ0v) is 16.1. The molecule has 24 heavy (non-hydrogen) atoms. The lowest BCUT2D eigenvalue weighted by atomic mass is 9.88. The zero-order valence-electron chi connectivity index (χ0n) is 16.1. The number of ether oxygens (including phenoxy) is 2. The average Bonchev–Trinajstić information content (AvgIpc) is 2.95. The summed E-state index contributed by atoms with van der Waals surface area (Å²) >= 11 is 0. The van der Waals surface area contributed by atoms with Crippen LogP contribution in [-0.2, 0) is 5.41 Å². The maximum atomic E-state index is 5.08. The summed E-state index contributed by atoms with van der Waals surface area (Å²) in [6, 6.07) is 11.7. The van der Waals surface area contributed by atoms with E-state index in [1.807, 2.05) is 36.5 Å². The molecular formula is C21H31NO2. The third kappa shape index (κ3) is 8.56. The van der Waals surface area contributed by atoms with Gasteiger partial charge in [-0.2, -0.15) is 0 Å². The molecule has 3 heteroatoms. The largest absolute Gasteiger partial charge is 0.454 e. The maximum Gasteiger partial charge on any atom is 0.231 e. The number of aromatic nitrogens is 1. The number of rotatable bonds is 0. The molecule has 3 nitrogen and oxygen atoms in total. The van der Waals surface area contributed by atoms with Gasteiger partial charge in [-0.25, -0.2) is 0 Å². The number of nitrogens with zero attached hydrogens (tertiary/aromatic N) is 1. The highest BCUT2D eigenvalue weighted by atomic mass is 16.7. The van der Waals surface area contributed by atoms with Gasteiger partial charge in [0.15, 0.2) is 11.5 Å². The predicted molar refractivity (Wildman–Crippen MR) is 101 cm³/mol. The first-order valence-electron chi connectivity index (χ1n) is 8.32. The van der Waals surface area contributed by atoms with E-state index in [0.29, 0.717) is 12.2 Å². The van der Waals surface area contributed by atoms with Crippen LogP contribution < -0.4 is 9.47 Å². The Morgan fingerprint density at radius 1 is 0.792 bits per heavy atom. The fraction of sp³-hybridized carbons (Fsp3) is 0.476. The zero-order chi connectivity index (χ0) is 18.2. The molecule has 2 heterocycles. The molecule has 0 saturated heterocycles.